The zero-order valence-electron chi connectivity index (χ0n) is 11.7. The van der Waals surface area contributed by atoms with Crippen molar-refractivity contribution >= 4 is 15.9 Å². The first-order valence-electron chi connectivity index (χ1n) is 6.50. The predicted molar refractivity (Wildman–Crippen MR) is 74.8 cm³/mol. The van der Waals surface area contributed by atoms with Gasteiger partial charge in [0.25, 0.3) is 5.91 Å². The number of rotatable bonds is 4. The van der Waals surface area contributed by atoms with Crippen LogP contribution in [0.1, 0.15) is 23.3 Å². The molecule has 1 aromatic heterocycles. The molecule has 1 saturated heterocycles. The molecule has 8 heteroatoms. The Morgan fingerprint density at radius 3 is 2.75 bits per heavy atom. The molecule has 1 aromatic rings. The van der Waals surface area contributed by atoms with E-state index in [4.69, 9.17) is 5.73 Å². The Morgan fingerprint density at radius 1 is 1.50 bits per heavy atom. The fourth-order valence-corrected chi connectivity index (χ4v) is 4.06. The summed E-state index contributed by atoms with van der Waals surface area (Å²) in [5, 5.41) is 3.11. The number of carbonyl (C=O) groups excluding carboxylic acids is 1. The van der Waals surface area contributed by atoms with Gasteiger partial charge in [-0.3, -0.25) is 4.79 Å². The normalized spacial score (nSPS) is 21.0. The summed E-state index contributed by atoms with van der Waals surface area (Å²) in [7, 11) is -0.145. The number of likely N-dealkylation sites (N-methyl/N-ethyl adjacent to an activating group) is 1. The number of hydrogen-bond donors (Lipinski definition) is 2. The van der Waals surface area contributed by atoms with Crippen LogP contribution < -0.4 is 11.1 Å². The van der Waals surface area contributed by atoms with Gasteiger partial charge in [0.05, 0.1) is 0 Å². The molecular formula is C12H20N4O3S. The van der Waals surface area contributed by atoms with Gasteiger partial charge in [-0.05, 0) is 26.0 Å². The van der Waals surface area contributed by atoms with Gasteiger partial charge in [-0.15, -0.1) is 0 Å². The maximum atomic E-state index is 12.6. The second-order valence-electron chi connectivity index (χ2n) is 5.03. The lowest BCUT2D eigenvalue weighted by Crippen LogP contribution is -2.46. The van der Waals surface area contributed by atoms with E-state index in [0.717, 1.165) is 12.8 Å². The molecule has 1 fully saturated rings. The van der Waals surface area contributed by atoms with Gasteiger partial charge in [0.15, 0.2) is 0 Å². The molecule has 0 radical (unpaired) electrons. The highest BCUT2D eigenvalue weighted by Crippen LogP contribution is 2.22. The highest BCUT2D eigenvalue weighted by Gasteiger charge is 2.31. The Balaban J connectivity index is 2.30. The lowest BCUT2D eigenvalue weighted by molar-refractivity contribution is 0.0992. The van der Waals surface area contributed by atoms with Crippen molar-refractivity contribution in [2.45, 2.75) is 23.8 Å². The minimum absolute atomic E-state index is 0.116. The van der Waals surface area contributed by atoms with Gasteiger partial charge >= 0.3 is 0 Å². The molecule has 2 heterocycles. The van der Waals surface area contributed by atoms with Crippen LogP contribution in [0.3, 0.4) is 0 Å². The first kappa shape index (κ1) is 15.0. The molecule has 1 amide bonds. The van der Waals surface area contributed by atoms with Crippen LogP contribution in [0, 0.1) is 0 Å². The van der Waals surface area contributed by atoms with Crippen LogP contribution in [0.15, 0.2) is 17.2 Å². The highest BCUT2D eigenvalue weighted by molar-refractivity contribution is 7.89. The second kappa shape index (κ2) is 5.55. The quantitative estimate of drug-likeness (QED) is 0.783. The van der Waals surface area contributed by atoms with E-state index in [1.165, 1.54) is 21.1 Å². The third-order valence-corrected chi connectivity index (χ3v) is 5.49. The number of nitrogens with zero attached hydrogens (tertiary/aromatic N) is 2. The molecule has 112 valence electrons. The van der Waals surface area contributed by atoms with Crippen LogP contribution in [-0.4, -0.2) is 49.4 Å². The maximum Gasteiger partial charge on any atom is 0.265 e. The molecule has 7 nitrogen and oxygen atoms in total. The van der Waals surface area contributed by atoms with Crippen LogP contribution in [-0.2, 0) is 17.1 Å². The van der Waals surface area contributed by atoms with Gasteiger partial charge in [0.2, 0.25) is 10.0 Å². The second-order valence-corrected chi connectivity index (χ2v) is 6.97. The molecule has 1 unspecified atom stereocenters. The van der Waals surface area contributed by atoms with Crippen LogP contribution in [0.25, 0.3) is 0 Å². The number of amides is 1. The number of piperidine rings is 1. The zero-order valence-corrected chi connectivity index (χ0v) is 12.5. The van der Waals surface area contributed by atoms with E-state index in [-0.39, 0.29) is 16.6 Å². The summed E-state index contributed by atoms with van der Waals surface area (Å²) in [5.41, 5.74) is 5.40. The van der Waals surface area contributed by atoms with Crippen molar-refractivity contribution in [3.05, 3.63) is 18.0 Å². The standard InChI is InChI=1S/C12H20N4O3S/c1-14-9-4-3-5-16(7-9)20(18,19)10-6-11(12(13)17)15(2)8-10/h6,8-9,14H,3-5,7H2,1-2H3,(H2,13,17). The molecule has 2 rings (SSSR count). The Kier molecular flexibility index (Phi) is 4.17. The van der Waals surface area contributed by atoms with Crippen LogP contribution in [0.5, 0.6) is 0 Å². The Labute approximate surface area is 118 Å². The lowest BCUT2D eigenvalue weighted by Gasteiger charge is -2.31. The first-order chi connectivity index (χ1) is 9.36. The van der Waals surface area contributed by atoms with Crippen molar-refractivity contribution in [2.24, 2.45) is 12.8 Å². The van der Waals surface area contributed by atoms with E-state index >= 15 is 0 Å². The van der Waals surface area contributed by atoms with Crippen molar-refractivity contribution in [1.29, 1.82) is 0 Å². The van der Waals surface area contributed by atoms with Crippen molar-refractivity contribution in [1.82, 2.24) is 14.2 Å². The number of aryl methyl sites for hydroxylation is 1. The van der Waals surface area contributed by atoms with Crippen LogP contribution >= 0.6 is 0 Å². The Morgan fingerprint density at radius 2 is 2.20 bits per heavy atom. The smallest absolute Gasteiger partial charge is 0.265 e. The van der Waals surface area contributed by atoms with Gasteiger partial charge in [0, 0.05) is 32.4 Å². The molecule has 0 saturated carbocycles. The van der Waals surface area contributed by atoms with Crippen LogP contribution in [0.2, 0.25) is 0 Å². The minimum atomic E-state index is -3.58. The van der Waals surface area contributed by atoms with E-state index < -0.39 is 15.9 Å². The van der Waals surface area contributed by atoms with E-state index in [1.54, 1.807) is 7.05 Å². The average molecular weight is 300 g/mol. The van der Waals surface area contributed by atoms with Gasteiger partial charge < -0.3 is 15.6 Å². The third kappa shape index (κ3) is 2.72. The SMILES string of the molecule is CNC1CCCN(S(=O)(=O)c2cc(C(N)=O)n(C)c2)C1. The summed E-state index contributed by atoms with van der Waals surface area (Å²) < 4.78 is 28.0. The van der Waals surface area contributed by atoms with Crippen LogP contribution in [0.4, 0.5) is 0 Å². The fourth-order valence-electron chi connectivity index (χ4n) is 2.47. The molecular weight excluding hydrogens is 280 g/mol. The number of primary amides is 1. The van der Waals surface area contributed by atoms with Crippen molar-refractivity contribution in [3.63, 3.8) is 0 Å². The molecule has 0 spiro atoms. The van der Waals surface area contributed by atoms with Gasteiger partial charge in [-0.1, -0.05) is 0 Å². The molecule has 1 atom stereocenters. The topological polar surface area (TPSA) is 97.4 Å². The first-order valence-corrected chi connectivity index (χ1v) is 7.94. The summed E-state index contributed by atoms with van der Waals surface area (Å²) in [6, 6.07) is 1.50. The molecule has 0 aliphatic carbocycles. The molecule has 0 aromatic carbocycles. The molecule has 1 aliphatic heterocycles. The number of sulfonamides is 1. The molecule has 1 aliphatic rings. The Hall–Kier alpha value is -1.38. The van der Waals surface area contributed by atoms with E-state index in [9.17, 15) is 13.2 Å². The monoisotopic (exact) mass is 300 g/mol. The maximum absolute atomic E-state index is 12.6. The van der Waals surface area contributed by atoms with E-state index in [0.29, 0.717) is 13.1 Å². The predicted octanol–water partition coefficient (Wildman–Crippen LogP) is -0.503. The molecule has 0 bridgehead atoms. The van der Waals surface area contributed by atoms with E-state index in [1.807, 2.05) is 7.05 Å². The van der Waals surface area contributed by atoms with Gasteiger partial charge in [0.1, 0.15) is 10.6 Å². The summed E-state index contributed by atoms with van der Waals surface area (Å²) in [6.07, 6.45) is 3.21. The summed E-state index contributed by atoms with van der Waals surface area (Å²) in [5.74, 6) is -0.638. The van der Waals surface area contributed by atoms with Crippen molar-refractivity contribution in [3.8, 4) is 0 Å². The summed E-state index contributed by atoms with van der Waals surface area (Å²) in [6.45, 7) is 0.945. The highest BCUT2D eigenvalue weighted by atomic mass is 32.2. The largest absolute Gasteiger partial charge is 0.364 e. The summed E-state index contributed by atoms with van der Waals surface area (Å²) >= 11 is 0. The molecule has 20 heavy (non-hydrogen) atoms. The number of nitrogens with one attached hydrogen (secondary N) is 1. The summed E-state index contributed by atoms with van der Waals surface area (Å²) in [4.78, 5) is 11.3. The number of nitrogens with two attached hydrogens (primary N) is 1. The van der Waals surface area contributed by atoms with Crippen molar-refractivity contribution < 1.29 is 13.2 Å². The third-order valence-electron chi connectivity index (χ3n) is 3.66. The van der Waals surface area contributed by atoms with E-state index in [2.05, 4.69) is 5.32 Å². The number of hydrogen-bond acceptors (Lipinski definition) is 4. The van der Waals surface area contributed by atoms with Gasteiger partial charge in [-0.25, -0.2) is 8.42 Å². The minimum Gasteiger partial charge on any atom is -0.364 e. The lowest BCUT2D eigenvalue weighted by atomic mass is 10.1. The number of aromatic nitrogens is 1. The molecule has 3 N–H and O–H groups in total. The average Bonchev–Trinajstić information content (AvgIpc) is 2.82. The number of carbonyl (C=O) groups is 1. The Bertz CT molecular complexity index is 608. The van der Waals surface area contributed by atoms with Gasteiger partial charge in [-0.2, -0.15) is 4.31 Å². The fraction of sp³-hybridized carbons (Fsp3) is 0.583. The van der Waals surface area contributed by atoms with Crippen molar-refractivity contribution in [2.75, 3.05) is 20.1 Å². The zero-order chi connectivity index (χ0) is 14.9.